The zero-order valence-corrected chi connectivity index (χ0v) is 12.6. The number of hydrogen-bond acceptors (Lipinski definition) is 2. The fourth-order valence-electron chi connectivity index (χ4n) is 3.87. The van der Waals surface area contributed by atoms with Gasteiger partial charge in [-0.25, -0.2) is 0 Å². The molecule has 0 radical (unpaired) electrons. The molecule has 2 aliphatic rings. The van der Waals surface area contributed by atoms with Crippen LogP contribution in [0.3, 0.4) is 0 Å². The summed E-state index contributed by atoms with van der Waals surface area (Å²) in [7, 11) is 0. The van der Waals surface area contributed by atoms with Gasteiger partial charge in [0.15, 0.2) is 0 Å². The molecule has 110 valence electrons. The van der Waals surface area contributed by atoms with Crippen LogP contribution in [0.1, 0.15) is 61.8 Å². The van der Waals surface area contributed by atoms with Gasteiger partial charge in [0.1, 0.15) is 0 Å². The fourth-order valence-corrected chi connectivity index (χ4v) is 3.87. The maximum atomic E-state index is 10.9. The van der Waals surface area contributed by atoms with E-state index < -0.39 is 0 Å². The summed E-state index contributed by atoms with van der Waals surface area (Å²) in [6.45, 7) is 4.48. The molecular weight excluding hydrogens is 246 g/mol. The molecule has 2 atom stereocenters. The summed E-state index contributed by atoms with van der Waals surface area (Å²) in [6.07, 6.45) is 8.49. The molecule has 1 aromatic carbocycles. The highest BCUT2D eigenvalue weighted by Crippen LogP contribution is 2.31. The lowest BCUT2D eigenvalue weighted by atomic mass is 9.85. The highest BCUT2D eigenvalue weighted by atomic mass is 16.3. The Balaban J connectivity index is 1.80. The van der Waals surface area contributed by atoms with E-state index in [1.165, 1.54) is 55.2 Å². The monoisotopic (exact) mass is 273 g/mol. The van der Waals surface area contributed by atoms with Crippen molar-refractivity contribution in [2.75, 3.05) is 13.1 Å². The van der Waals surface area contributed by atoms with Gasteiger partial charge in [-0.15, -0.1) is 0 Å². The smallest absolute Gasteiger partial charge is 0.0945 e. The summed E-state index contributed by atoms with van der Waals surface area (Å²) in [6, 6.07) is 6.76. The van der Waals surface area contributed by atoms with Gasteiger partial charge in [-0.05, 0) is 75.2 Å². The zero-order chi connectivity index (χ0) is 13.9. The van der Waals surface area contributed by atoms with Crippen LogP contribution in [0.25, 0.3) is 0 Å². The van der Waals surface area contributed by atoms with Gasteiger partial charge >= 0.3 is 0 Å². The Labute approximate surface area is 122 Å². The molecule has 1 N–H and O–H groups in total. The molecule has 1 aromatic rings. The molecule has 0 bridgehead atoms. The minimum Gasteiger partial charge on any atom is -0.387 e. The normalized spacial score (nSPS) is 23.1. The van der Waals surface area contributed by atoms with Crippen LogP contribution < -0.4 is 0 Å². The summed E-state index contributed by atoms with van der Waals surface area (Å²) < 4.78 is 0. The molecule has 0 amide bonds. The Hall–Kier alpha value is -0.860. The number of hydrogen-bond donors (Lipinski definition) is 1. The van der Waals surface area contributed by atoms with Crippen molar-refractivity contribution in [1.82, 2.24) is 4.90 Å². The van der Waals surface area contributed by atoms with Gasteiger partial charge in [-0.2, -0.15) is 0 Å². The molecule has 0 spiro atoms. The number of aryl methyl sites for hydroxylation is 1. The lowest BCUT2D eigenvalue weighted by Crippen LogP contribution is -2.41. The van der Waals surface area contributed by atoms with Crippen LogP contribution in [0.5, 0.6) is 0 Å². The van der Waals surface area contributed by atoms with Crippen LogP contribution in [0.2, 0.25) is 0 Å². The summed E-state index contributed by atoms with van der Waals surface area (Å²) >= 11 is 0. The van der Waals surface area contributed by atoms with Gasteiger partial charge < -0.3 is 5.11 Å². The van der Waals surface area contributed by atoms with Gasteiger partial charge in [0.05, 0.1) is 6.10 Å². The molecule has 1 fully saturated rings. The number of fused-ring (bicyclic) bond motifs is 1. The van der Waals surface area contributed by atoms with Crippen LogP contribution in [0.4, 0.5) is 0 Å². The van der Waals surface area contributed by atoms with Gasteiger partial charge in [-0.3, -0.25) is 4.90 Å². The minimum atomic E-state index is -0.332. The van der Waals surface area contributed by atoms with Crippen LogP contribution >= 0.6 is 0 Å². The van der Waals surface area contributed by atoms with E-state index in [0.717, 1.165) is 19.5 Å². The molecule has 20 heavy (non-hydrogen) atoms. The quantitative estimate of drug-likeness (QED) is 0.911. The first-order valence-electron chi connectivity index (χ1n) is 8.30. The van der Waals surface area contributed by atoms with Crippen LogP contribution in [-0.2, 0) is 12.8 Å². The van der Waals surface area contributed by atoms with Crippen molar-refractivity contribution in [1.29, 1.82) is 0 Å². The van der Waals surface area contributed by atoms with E-state index in [0.29, 0.717) is 0 Å². The Morgan fingerprint density at radius 3 is 2.55 bits per heavy atom. The van der Waals surface area contributed by atoms with Gasteiger partial charge in [0, 0.05) is 6.04 Å². The van der Waals surface area contributed by atoms with E-state index in [1.807, 2.05) is 0 Å². The average Bonchev–Trinajstić information content (AvgIpc) is 2.54. The molecule has 1 saturated heterocycles. The highest BCUT2D eigenvalue weighted by Gasteiger charge is 2.27. The third kappa shape index (κ3) is 2.77. The number of aliphatic hydroxyl groups excluding tert-OH is 1. The number of piperidine rings is 1. The van der Waals surface area contributed by atoms with E-state index in [4.69, 9.17) is 0 Å². The minimum absolute atomic E-state index is 0.240. The SMILES string of the molecule is C[C@@H]([C@H](O)c1cccc2c1CCCC2)N1CCCCC1. The first-order valence-corrected chi connectivity index (χ1v) is 8.30. The number of benzene rings is 1. The molecule has 1 aliphatic carbocycles. The van der Waals surface area contributed by atoms with Crippen molar-refractivity contribution in [3.05, 3.63) is 34.9 Å². The van der Waals surface area contributed by atoms with E-state index >= 15 is 0 Å². The maximum Gasteiger partial charge on any atom is 0.0945 e. The Morgan fingerprint density at radius 2 is 1.75 bits per heavy atom. The lowest BCUT2D eigenvalue weighted by molar-refractivity contribution is 0.0464. The lowest BCUT2D eigenvalue weighted by Gasteiger charge is -2.36. The number of likely N-dealkylation sites (tertiary alicyclic amines) is 1. The second kappa shape index (κ2) is 6.28. The van der Waals surface area contributed by atoms with Crippen LogP contribution in [0, 0.1) is 0 Å². The predicted molar refractivity (Wildman–Crippen MR) is 82.9 cm³/mol. The summed E-state index contributed by atoms with van der Waals surface area (Å²) in [5.74, 6) is 0. The Kier molecular flexibility index (Phi) is 4.42. The number of aliphatic hydroxyl groups is 1. The molecule has 3 rings (SSSR count). The van der Waals surface area contributed by atoms with E-state index in [1.54, 1.807) is 0 Å². The van der Waals surface area contributed by atoms with Crippen molar-refractivity contribution in [3.63, 3.8) is 0 Å². The third-order valence-corrected chi connectivity index (χ3v) is 5.17. The van der Waals surface area contributed by atoms with E-state index in [-0.39, 0.29) is 12.1 Å². The third-order valence-electron chi connectivity index (χ3n) is 5.17. The molecule has 0 saturated carbocycles. The summed E-state index contributed by atoms with van der Waals surface area (Å²) in [5, 5.41) is 10.9. The second-order valence-electron chi connectivity index (χ2n) is 6.47. The topological polar surface area (TPSA) is 23.5 Å². The second-order valence-corrected chi connectivity index (χ2v) is 6.47. The highest BCUT2D eigenvalue weighted by molar-refractivity contribution is 5.38. The van der Waals surface area contributed by atoms with E-state index in [2.05, 4.69) is 30.0 Å². The largest absolute Gasteiger partial charge is 0.387 e. The molecular formula is C18H27NO. The maximum absolute atomic E-state index is 10.9. The number of nitrogens with zero attached hydrogens (tertiary/aromatic N) is 1. The van der Waals surface area contributed by atoms with Crippen molar-refractivity contribution in [2.24, 2.45) is 0 Å². The van der Waals surface area contributed by atoms with Gasteiger partial charge in [-0.1, -0.05) is 24.6 Å². The summed E-state index contributed by atoms with van der Waals surface area (Å²) in [4.78, 5) is 2.47. The predicted octanol–water partition coefficient (Wildman–Crippen LogP) is 3.47. The first kappa shape index (κ1) is 14.1. The van der Waals surface area contributed by atoms with Crippen LogP contribution in [-0.4, -0.2) is 29.1 Å². The van der Waals surface area contributed by atoms with Crippen molar-refractivity contribution in [3.8, 4) is 0 Å². The van der Waals surface area contributed by atoms with Crippen molar-refractivity contribution in [2.45, 2.75) is 64.0 Å². The van der Waals surface area contributed by atoms with Gasteiger partial charge in [0.2, 0.25) is 0 Å². The number of rotatable bonds is 3. The van der Waals surface area contributed by atoms with Crippen molar-refractivity contribution >= 4 is 0 Å². The van der Waals surface area contributed by atoms with Crippen LogP contribution in [0.15, 0.2) is 18.2 Å². The molecule has 2 nitrogen and oxygen atoms in total. The average molecular weight is 273 g/mol. The fraction of sp³-hybridized carbons (Fsp3) is 0.667. The molecule has 2 heteroatoms. The van der Waals surface area contributed by atoms with E-state index in [9.17, 15) is 5.11 Å². The Bertz CT molecular complexity index is 451. The molecule has 1 aliphatic heterocycles. The standard InChI is InChI=1S/C18H27NO/c1-14(19-12-5-2-6-13-19)18(20)17-11-7-9-15-8-3-4-10-16(15)17/h7,9,11,14,18,20H,2-6,8,10,12-13H2,1H3/t14-,18-/m0/s1. The zero-order valence-electron chi connectivity index (χ0n) is 12.6. The van der Waals surface area contributed by atoms with Gasteiger partial charge in [0.25, 0.3) is 0 Å². The first-order chi connectivity index (χ1) is 9.77. The molecule has 0 aromatic heterocycles. The molecule has 0 unspecified atom stereocenters. The Morgan fingerprint density at radius 1 is 1.00 bits per heavy atom. The summed E-state index contributed by atoms with van der Waals surface area (Å²) in [5.41, 5.74) is 4.11. The molecule has 1 heterocycles. The van der Waals surface area contributed by atoms with Crippen molar-refractivity contribution < 1.29 is 5.11 Å².